The van der Waals surface area contributed by atoms with Crippen LogP contribution in [0, 0.1) is 0 Å². The maximum absolute atomic E-state index is 6.16. The number of aromatic nitrogens is 1. The van der Waals surface area contributed by atoms with Crippen molar-refractivity contribution in [3.8, 4) is 0 Å². The Morgan fingerprint density at radius 1 is 1.15 bits per heavy atom. The number of anilines is 1. The molecule has 0 spiro atoms. The summed E-state index contributed by atoms with van der Waals surface area (Å²) in [5, 5.41) is 3.17. The second-order valence-electron chi connectivity index (χ2n) is 5.78. The molecule has 0 radical (unpaired) electrons. The van der Waals surface area contributed by atoms with Crippen molar-refractivity contribution in [3.63, 3.8) is 0 Å². The molecule has 2 aromatic rings. The third kappa shape index (κ3) is 2.05. The molecule has 20 heavy (non-hydrogen) atoms. The second-order valence-corrected chi connectivity index (χ2v) is 6.21. The van der Waals surface area contributed by atoms with Crippen LogP contribution in [0.2, 0.25) is 5.02 Å². The molecule has 2 aliphatic heterocycles. The smallest absolute Gasteiger partial charge is 0.136 e. The number of hydrogen-bond donors (Lipinski definition) is 0. The zero-order chi connectivity index (χ0) is 13.5. The zero-order valence-corrected chi connectivity index (χ0v) is 12.2. The Kier molecular flexibility index (Phi) is 3.04. The Morgan fingerprint density at radius 2 is 2.10 bits per heavy atom. The summed E-state index contributed by atoms with van der Waals surface area (Å²) in [5.74, 6) is 1.09. The highest BCUT2D eigenvalue weighted by Gasteiger charge is 2.31. The van der Waals surface area contributed by atoms with Gasteiger partial charge in [-0.15, -0.1) is 0 Å². The van der Waals surface area contributed by atoms with Crippen molar-refractivity contribution >= 4 is 28.2 Å². The van der Waals surface area contributed by atoms with Crippen molar-refractivity contribution in [2.24, 2.45) is 0 Å². The Balaban J connectivity index is 1.73. The van der Waals surface area contributed by atoms with E-state index in [2.05, 4.69) is 26.9 Å². The van der Waals surface area contributed by atoms with Crippen LogP contribution in [0.25, 0.3) is 10.8 Å². The number of piperazine rings is 1. The number of halogens is 1. The van der Waals surface area contributed by atoms with Gasteiger partial charge >= 0.3 is 0 Å². The topological polar surface area (TPSA) is 19.4 Å². The molecule has 1 aromatic carbocycles. The minimum absolute atomic E-state index is 0.708. The van der Waals surface area contributed by atoms with Crippen LogP contribution in [-0.2, 0) is 0 Å². The molecular formula is C16H18ClN3. The van der Waals surface area contributed by atoms with E-state index in [0.717, 1.165) is 30.5 Å². The molecule has 0 aliphatic carbocycles. The largest absolute Gasteiger partial charge is 0.353 e. The SMILES string of the molecule is Clc1ccc2ccnc(N3CCN4CCC[C@@H]4C3)c2c1. The maximum Gasteiger partial charge on any atom is 0.136 e. The standard InChI is InChI=1S/C16H18ClN3/c17-13-4-3-12-5-6-18-16(15(12)10-13)20-9-8-19-7-1-2-14(19)11-20/h3-6,10,14H,1-2,7-9,11H2/t14-/m1/s1. The molecule has 3 nitrogen and oxygen atoms in total. The van der Waals surface area contributed by atoms with Gasteiger partial charge in [0.05, 0.1) is 0 Å². The van der Waals surface area contributed by atoms with Crippen LogP contribution in [-0.4, -0.2) is 42.1 Å². The molecule has 0 bridgehead atoms. The quantitative estimate of drug-likeness (QED) is 0.803. The summed E-state index contributed by atoms with van der Waals surface area (Å²) in [6.07, 6.45) is 4.57. The van der Waals surface area contributed by atoms with Gasteiger partial charge in [-0.3, -0.25) is 4.90 Å². The van der Waals surface area contributed by atoms with Crippen LogP contribution in [0.3, 0.4) is 0 Å². The van der Waals surface area contributed by atoms with Gasteiger partial charge in [-0.1, -0.05) is 17.7 Å². The zero-order valence-electron chi connectivity index (χ0n) is 11.4. The third-order valence-corrected chi connectivity index (χ3v) is 4.83. The molecule has 0 amide bonds. The van der Waals surface area contributed by atoms with E-state index in [1.54, 1.807) is 0 Å². The van der Waals surface area contributed by atoms with Crippen LogP contribution >= 0.6 is 11.6 Å². The van der Waals surface area contributed by atoms with Gasteiger partial charge in [-0.25, -0.2) is 4.98 Å². The first kappa shape index (κ1) is 12.4. The lowest BCUT2D eigenvalue weighted by Crippen LogP contribution is -2.50. The van der Waals surface area contributed by atoms with Gasteiger partial charge in [0, 0.05) is 42.3 Å². The first-order chi connectivity index (χ1) is 9.81. The predicted octanol–water partition coefficient (Wildman–Crippen LogP) is 3.17. The molecule has 0 unspecified atom stereocenters. The van der Waals surface area contributed by atoms with E-state index in [1.165, 1.54) is 30.2 Å². The molecule has 4 rings (SSSR count). The van der Waals surface area contributed by atoms with E-state index in [4.69, 9.17) is 11.6 Å². The van der Waals surface area contributed by atoms with Gasteiger partial charge in [0.2, 0.25) is 0 Å². The summed E-state index contributed by atoms with van der Waals surface area (Å²) in [6.45, 7) is 4.59. The minimum atomic E-state index is 0.708. The Morgan fingerprint density at radius 3 is 3.05 bits per heavy atom. The van der Waals surface area contributed by atoms with Crippen LogP contribution in [0.5, 0.6) is 0 Å². The van der Waals surface area contributed by atoms with E-state index in [0.29, 0.717) is 6.04 Å². The van der Waals surface area contributed by atoms with Crippen molar-refractivity contribution in [3.05, 3.63) is 35.5 Å². The van der Waals surface area contributed by atoms with Crippen molar-refractivity contribution in [2.75, 3.05) is 31.1 Å². The Bertz CT molecular complexity index is 643. The van der Waals surface area contributed by atoms with Gasteiger partial charge in [0.1, 0.15) is 5.82 Å². The third-order valence-electron chi connectivity index (χ3n) is 4.59. The number of fused-ring (bicyclic) bond motifs is 2. The van der Waals surface area contributed by atoms with Crippen LogP contribution in [0.15, 0.2) is 30.5 Å². The first-order valence-electron chi connectivity index (χ1n) is 7.34. The highest BCUT2D eigenvalue weighted by Crippen LogP contribution is 2.30. The molecule has 1 aromatic heterocycles. The minimum Gasteiger partial charge on any atom is -0.353 e. The van der Waals surface area contributed by atoms with E-state index in [-0.39, 0.29) is 0 Å². The summed E-state index contributed by atoms with van der Waals surface area (Å²) in [4.78, 5) is 9.69. The molecule has 3 heterocycles. The predicted molar refractivity (Wildman–Crippen MR) is 83.6 cm³/mol. The monoisotopic (exact) mass is 287 g/mol. The average molecular weight is 288 g/mol. The van der Waals surface area contributed by atoms with E-state index < -0.39 is 0 Å². The molecule has 0 saturated carbocycles. The second kappa shape index (κ2) is 4.90. The number of rotatable bonds is 1. The van der Waals surface area contributed by atoms with Gasteiger partial charge in [0.25, 0.3) is 0 Å². The molecule has 4 heteroatoms. The van der Waals surface area contributed by atoms with Crippen LogP contribution in [0.1, 0.15) is 12.8 Å². The Hall–Kier alpha value is -1.32. The fourth-order valence-electron chi connectivity index (χ4n) is 3.56. The summed E-state index contributed by atoms with van der Waals surface area (Å²) in [7, 11) is 0. The molecule has 104 valence electrons. The highest BCUT2D eigenvalue weighted by atomic mass is 35.5. The van der Waals surface area contributed by atoms with Crippen molar-refractivity contribution in [2.45, 2.75) is 18.9 Å². The molecule has 2 saturated heterocycles. The number of pyridine rings is 1. The van der Waals surface area contributed by atoms with Crippen molar-refractivity contribution < 1.29 is 0 Å². The highest BCUT2D eigenvalue weighted by molar-refractivity contribution is 6.31. The van der Waals surface area contributed by atoms with E-state index in [1.807, 2.05) is 18.3 Å². The summed E-state index contributed by atoms with van der Waals surface area (Å²) in [6, 6.07) is 8.83. The number of nitrogens with zero attached hydrogens (tertiary/aromatic N) is 3. The average Bonchev–Trinajstić information content (AvgIpc) is 2.94. The van der Waals surface area contributed by atoms with Gasteiger partial charge in [-0.2, -0.15) is 0 Å². The molecule has 2 aliphatic rings. The van der Waals surface area contributed by atoms with Gasteiger partial charge < -0.3 is 4.90 Å². The fraction of sp³-hybridized carbons (Fsp3) is 0.438. The van der Waals surface area contributed by atoms with Crippen LogP contribution < -0.4 is 4.90 Å². The molecule has 1 atom stereocenters. The first-order valence-corrected chi connectivity index (χ1v) is 7.72. The normalized spacial score (nSPS) is 23.2. The van der Waals surface area contributed by atoms with E-state index in [9.17, 15) is 0 Å². The number of benzene rings is 1. The maximum atomic E-state index is 6.16. The summed E-state index contributed by atoms with van der Waals surface area (Å²) < 4.78 is 0. The molecule has 0 N–H and O–H groups in total. The lowest BCUT2D eigenvalue weighted by Gasteiger charge is -2.38. The fourth-order valence-corrected chi connectivity index (χ4v) is 3.73. The lowest BCUT2D eigenvalue weighted by atomic mass is 10.1. The van der Waals surface area contributed by atoms with Gasteiger partial charge in [0.15, 0.2) is 0 Å². The molecular weight excluding hydrogens is 270 g/mol. The van der Waals surface area contributed by atoms with Crippen molar-refractivity contribution in [1.29, 1.82) is 0 Å². The summed E-state index contributed by atoms with van der Waals surface area (Å²) in [5.41, 5.74) is 0. The lowest BCUT2D eigenvalue weighted by molar-refractivity contribution is 0.230. The van der Waals surface area contributed by atoms with E-state index >= 15 is 0 Å². The number of hydrogen-bond acceptors (Lipinski definition) is 3. The Labute approximate surface area is 124 Å². The van der Waals surface area contributed by atoms with Crippen LogP contribution in [0.4, 0.5) is 5.82 Å². The van der Waals surface area contributed by atoms with Gasteiger partial charge in [-0.05, 0) is 43.0 Å². The summed E-state index contributed by atoms with van der Waals surface area (Å²) >= 11 is 6.16. The molecule has 2 fully saturated rings. The van der Waals surface area contributed by atoms with Crippen molar-refractivity contribution in [1.82, 2.24) is 9.88 Å².